The first kappa shape index (κ1) is 30.2. The van der Waals surface area contributed by atoms with Gasteiger partial charge in [-0.2, -0.15) is 26.3 Å². The van der Waals surface area contributed by atoms with Gasteiger partial charge in [-0.05, 0) is 49.4 Å². The fourth-order valence-corrected chi connectivity index (χ4v) is 3.81. The maximum absolute atomic E-state index is 14.4. The van der Waals surface area contributed by atoms with Gasteiger partial charge in [0.2, 0.25) is 0 Å². The Balaban J connectivity index is 2.30. The van der Waals surface area contributed by atoms with E-state index in [9.17, 15) is 40.3 Å². The molecule has 0 atom stereocenters. The molecule has 0 bridgehead atoms. The molecule has 0 radical (unpaired) electrons. The molecular formula is C23H19ClF7N3O2S. The maximum atomic E-state index is 14.4. The molecule has 0 aliphatic heterocycles. The molecule has 2 amide bonds. The van der Waals surface area contributed by atoms with E-state index in [2.05, 4.69) is 22.2 Å². The second-order valence-electron chi connectivity index (χ2n) is 7.63. The zero-order valence-corrected chi connectivity index (χ0v) is 20.9. The third kappa shape index (κ3) is 6.45. The highest BCUT2D eigenvalue weighted by molar-refractivity contribution is 8.02. The van der Waals surface area contributed by atoms with Crippen LogP contribution < -0.4 is 10.6 Å². The molecule has 2 rings (SSSR count). The number of aromatic nitrogens is 1. The van der Waals surface area contributed by atoms with Gasteiger partial charge in [0.1, 0.15) is 5.15 Å². The Morgan fingerprint density at radius 1 is 1.05 bits per heavy atom. The van der Waals surface area contributed by atoms with E-state index in [4.69, 9.17) is 11.6 Å². The SMILES string of the molecule is C=C(/C=C(/NC(=O)c1cccnc1Cl)SC)C(=O)Nc1c(C)cc(C(F)(C(F)(F)F)C(F)(F)F)cc1C. The van der Waals surface area contributed by atoms with E-state index < -0.39 is 35.4 Å². The molecule has 1 aromatic heterocycles. The van der Waals surface area contributed by atoms with Gasteiger partial charge in [0.05, 0.1) is 10.6 Å². The highest BCUT2D eigenvalue weighted by Crippen LogP contribution is 2.53. The summed E-state index contributed by atoms with van der Waals surface area (Å²) >= 11 is 6.92. The first-order valence-electron chi connectivity index (χ1n) is 10.1. The van der Waals surface area contributed by atoms with Gasteiger partial charge in [0.25, 0.3) is 11.8 Å². The van der Waals surface area contributed by atoms with Crippen LogP contribution in [0.3, 0.4) is 0 Å². The largest absolute Gasteiger partial charge is 0.435 e. The van der Waals surface area contributed by atoms with Crippen molar-refractivity contribution < 1.29 is 40.3 Å². The molecular weight excluding hydrogens is 551 g/mol. The number of nitrogens with zero attached hydrogens (tertiary/aromatic N) is 1. The Morgan fingerprint density at radius 2 is 1.59 bits per heavy atom. The third-order valence-corrected chi connectivity index (χ3v) is 5.97. The second-order valence-corrected chi connectivity index (χ2v) is 8.83. The normalized spacial score (nSPS) is 12.8. The highest BCUT2D eigenvalue weighted by Gasteiger charge is 2.73. The van der Waals surface area contributed by atoms with E-state index >= 15 is 0 Å². The summed E-state index contributed by atoms with van der Waals surface area (Å²) in [4.78, 5) is 28.8. The van der Waals surface area contributed by atoms with E-state index in [1.165, 1.54) is 24.4 Å². The number of anilines is 1. The smallest absolute Gasteiger partial charge is 0.322 e. The zero-order valence-electron chi connectivity index (χ0n) is 19.4. The summed E-state index contributed by atoms with van der Waals surface area (Å²) in [7, 11) is 0. The Kier molecular flexibility index (Phi) is 9.08. The fraction of sp³-hybridized carbons (Fsp3) is 0.261. The summed E-state index contributed by atoms with van der Waals surface area (Å²) in [5.74, 6) is -1.50. The van der Waals surface area contributed by atoms with Crippen LogP contribution >= 0.6 is 23.4 Å². The van der Waals surface area contributed by atoms with Crippen LogP contribution in [0.2, 0.25) is 5.15 Å². The van der Waals surface area contributed by atoms with Crippen LogP contribution in [0.25, 0.3) is 0 Å². The molecule has 200 valence electrons. The minimum absolute atomic E-state index is 0.0558. The number of aryl methyl sites for hydroxylation is 2. The van der Waals surface area contributed by atoms with E-state index in [0.717, 1.165) is 25.6 Å². The van der Waals surface area contributed by atoms with Crippen LogP contribution in [-0.4, -0.2) is 35.4 Å². The van der Waals surface area contributed by atoms with Gasteiger partial charge >= 0.3 is 18.0 Å². The number of pyridine rings is 1. The van der Waals surface area contributed by atoms with Crippen molar-refractivity contribution >= 4 is 40.9 Å². The molecule has 2 N–H and O–H groups in total. The molecule has 0 saturated carbocycles. The minimum atomic E-state index is -6.27. The topological polar surface area (TPSA) is 71.1 Å². The van der Waals surface area contributed by atoms with Gasteiger partial charge in [-0.3, -0.25) is 9.59 Å². The fourth-order valence-electron chi connectivity index (χ4n) is 3.15. The molecule has 0 aliphatic carbocycles. The lowest BCUT2D eigenvalue weighted by molar-refractivity contribution is -0.348. The van der Waals surface area contributed by atoms with Crippen LogP contribution in [0.4, 0.5) is 36.4 Å². The van der Waals surface area contributed by atoms with Crippen molar-refractivity contribution in [1.82, 2.24) is 10.3 Å². The van der Waals surface area contributed by atoms with Gasteiger partial charge in [0, 0.05) is 23.0 Å². The first-order valence-corrected chi connectivity index (χ1v) is 11.7. The Labute approximate surface area is 216 Å². The number of carbonyl (C=O) groups is 2. The molecule has 0 saturated heterocycles. The number of hydrogen-bond acceptors (Lipinski definition) is 4. The number of thioether (sulfide) groups is 1. The molecule has 37 heavy (non-hydrogen) atoms. The Morgan fingerprint density at radius 3 is 2.05 bits per heavy atom. The Bertz CT molecular complexity index is 1220. The van der Waals surface area contributed by atoms with Gasteiger partial charge in [-0.15, -0.1) is 11.8 Å². The van der Waals surface area contributed by atoms with Crippen molar-refractivity contribution in [3.05, 3.63) is 81.1 Å². The molecule has 2 aromatic rings. The van der Waals surface area contributed by atoms with Crippen LogP contribution in [0.5, 0.6) is 0 Å². The number of hydrogen-bond donors (Lipinski definition) is 2. The van der Waals surface area contributed by atoms with Crippen molar-refractivity contribution in [2.45, 2.75) is 31.9 Å². The molecule has 0 aliphatic rings. The summed E-state index contributed by atoms with van der Waals surface area (Å²) in [5, 5.41) is 4.97. The summed E-state index contributed by atoms with van der Waals surface area (Å²) in [6.07, 6.45) is -8.38. The predicted molar refractivity (Wildman–Crippen MR) is 127 cm³/mol. The summed E-state index contributed by atoms with van der Waals surface area (Å²) in [6.45, 7) is 5.80. The van der Waals surface area contributed by atoms with Crippen LogP contribution in [-0.2, 0) is 10.5 Å². The lowest BCUT2D eigenvalue weighted by Crippen LogP contribution is -2.50. The molecule has 1 aromatic carbocycles. The molecule has 0 unspecified atom stereocenters. The monoisotopic (exact) mass is 569 g/mol. The quantitative estimate of drug-likeness (QED) is 0.167. The number of carbonyl (C=O) groups excluding carboxylic acids is 2. The van der Waals surface area contributed by atoms with Crippen molar-refractivity contribution in [3.63, 3.8) is 0 Å². The zero-order chi connectivity index (χ0) is 28.3. The van der Waals surface area contributed by atoms with E-state index in [1.807, 2.05) is 0 Å². The van der Waals surface area contributed by atoms with E-state index in [0.29, 0.717) is 12.1 Å². The summed E-state index contributed by atoms with van der Waals surface area (Å²) in [6, 6.07) is 3.64. The second kappa shape index (κ2) is 11.1. The Hall–Kier alpha value is -3.06. The number of rotatable bonds is 7. The van der Waals surface area contributed by atoms with Crippen molar-refractivity contribution in [2.75, 3.05) is 11.6 Å². The van der Waals surface area contributed by atoms with Crippen molar-refractivity contribution in [1.29, 1.82) is 0 Å². The average molecular weight is 570 g/mol. The molecule has 0 spiro atoms. The highest BCUT2D eigenvalue weighted by atomic mass is 35.5. The summed E-state index contributed by atoms with van der Waals surface area (Å²) in [5.41, 5.74) is -8.05. The van der Waals surface area contributed by atoms with Crippen molar-refractivity contribution in [3.8, 4) is 0 Å². The van der Waals surface area contributed by atoms with Crippen molar-refractivity contribution in [2.24, 2.45) is 0 Å². The average Bonchev–Trinajstić information content (AvgIpc) is 2.78. The van der Waals surface area contributed by atoms with Gasteiger partial charge in [-0.1, -0.05) is 30.3 Å². The number of nitrogens with one attached hydrogen (secondary N) is 2. The number of halogens is 8. The first-order chi connectivity index (χ1) is 16.9. The third-order valence-electron chi connectivity index (χ3n) is 5.01. The number of amides is 2. The van der Waals surface area contributed by atoms with E-state index in [1.54, 1.807) is 6.26 Å². The van der Waals surface area contributed by atoms with Gasteiger partial charge in [0.15, 0.2) is 0 Å². The van der Waals surface area contributed by atoms with Gasteiger partial charge in [-0.25, -0.2) is 9.37 Å². The minimum Gasteiger partial charge on any atom is -0.322 e. The molecule has 0 fully saturated rings. The number of alkyl halides is 7. The van der Waals surface area contributed by atoms with E-state index in [-0.39, 0.29) is 38.1 Å². The predicted octanol–water partition coefficient (Wildman–Crippen LogP) is 6.77. The lowest BCUT2D eigenvalue weighted by atomic mass is 9.90. The van der Waals surface area contributed by atoms with Crippen LogP contribution in [0, 0.1) is 13.8 Å². The maximum Gasteiger partial charge on any atom is 0.435 e. The lowest BCUT2D eigenvalue weighted by Gasteiger charge is -2.31. The summed E-state index contributed by atoms with van der Waals surface area (Å²) < 4.78 is 93.1. The standard InChI is InChI=1S/C23H19ClF7N3O2S/c1-11-8-14(21(25,22(26,27)28)23(29,30)31)9-12(2)17(11)34-19(35)13(3)10-16(37-4)33-20(36)15-6-5-7-32-18(15)24/h5-10H,3H2,1-2,4H3,(H,33,36)(H,34,35)/b16-10-. The van der Waals surface area contributed by atoms with Gasteiger partial charge < -0.3 is 10.6 Å². The molecule has 5 nitrogen and oxygen atoms in total. The number of benzene rings is 1. The van der Waals surface area contributed by atoms with Crippen LogP contribution in [0.1, 0.15) is 27.0 Å². The molecule has 1 heterocycles. The molecule has 14 heteroatoms. The van der Waals surface area contributed by atoms with Crippen LogP contribution in [0.15, 0.2) is 53.7 Å².